The van der Waals surface area contributed by atoms with Crippen LogP contribution in [0.5, 0.6) is 0 Å². The van der Waals surface area contributed by atoms with Crippen LogP contribution in [0.3, 0.4) is 0 Å². The van der Waals surface area contributed by atoms with Gasteiger partial charge in [0, 0.05) is 28.6 Å². The van der Waals surface area contributed by atoms with Crippen molar-refractivity contribution in [3.63, 3.8) is 0 Å². The largest absolute Gasteiger partial charge is 0.481 e. The number of carbonyl (C=O) groups is 1. The third-order valence-electron chi connectivity index (χ3n) is 3.13. The van der Waals surface area contributed by atoms with Gasteiger partial charge >= 0.3 is 12.1 Å². The van der Waals surface area contributed by atoms with Crippen molar-refractivity contribution in [3.8, 4) is 0 Å². The summed E-state index contributed by atoms with van der Waals surface area (Å²) in [6.07, 6.45) is -4.23. The van der Waals surface area contributed by atoms with Gasteiger partial charge in [0.15, 0.2) is 0 Å². The molecule has 0 aliphatic heterocycles. The van der Waals surface area contributed by atoms with Crippen LogP contribution in [0.1, 0.15) is 17.9 Å². The van der Waals surface area contributed by atoms with Crippen LogP contribution in [-0.2, 0) is 11.8 Å². The van der Waals surface area contributed by atoms with Crippen LogP contribution >= 0.6 is 15.9 Å². The van der Waals surface area contributed by atoms with Gasteiger partial charge in [0.25, 0.3) is 0 Å². The van der Waals surface area contributed by atoms with E-state index >= 15 is 0 Å². The molecule has 0 saturated heterocycles. The zero-order chi connectivity index (χ0) is 15.1. The van der Waals surface area contributed by atoms with E-state index in [4.69, 9.17) is 5.11 Å². The molecule has 0 unspecified atom stereocenters. The fourth-order valence-electron chi connectivity index (χ4n) is 2.25. The zero-order valence-corrected chi connectivity index (χ0v) is 12.0. The van der Waals surface area contributed by atoms with E-state index in [1.165, 1.54) is 6.20 Å². The van der Waals surface area contributed by atoms with E-state index in [2.05, 4.69) is 15.9 Å². The summed E-state index contributed by atoms with van der Waals surface area (Å²) >= 11 is 3.22. The Morgan fingerprint density at radius 2 is 2.10 bits per heavy atom. The van der Waals surface area contributed by atoms with E-state index in [0.29, 0.717) is 15.4 Å². The highest BCUT2D eigenvalue weighted by molar-refractivity contribution is 9.10. The SMILES string of the molecule is Cn1cc([C@H](CC(=O)O)C(F)(F)F)c2cc(Br)ccc21. The van der Waals surface area contributed by atoms with E-state index in [0.717, 1.165) is 0 Å². The molecular weight excluding hydrogens is 339 g/mol. The number of carboxylic acids is 1. The lowest BCUT2D eigenvalue weighted by atomic mass is 9.95. The lowest BCUT2D eigenvalue weighted by Gasteiger charge is -2.18. The van der Waals surface area contributed by atoms with Gasteiger partial charge in [0.05, 0.1) is 12.3 Å². The molecule has 1 atom stereocenters. The predicted octanol–water partition coefficient (Wildman–Crippen LogP) is 4.06. The Kier molecular flexibility index (Phi) is 3.82. The molecule has 0 spiro atoms. The van der Waals surface area contributed by atoms with Gasteiger partial charge in [-0.25, -0.2) is 0 Å². The van der Waals surface area contributed by atoms with E-state index in [9.17, 15) is 18.0 Å². The molecule has 1 heterocycles. The Bertz CT molecular complexity index is 663. The van der Waals surface area contributed by atoms with Crippen molar-refractivity contribution < 1.29 is 23.1 Å². The predicted molar refractivity (Wildman–Crippen MR) is 71.7 cm³/mol. The van der Waals surface area contributed by atoms with Crippen LogP contribution in [0, 0.1) is 0 Å². The van der Waals surface area contributed by atoms with Crippen molar-refractivity contribution in [2.45, 2.75) is 18.5 Å². The molecule has 0 saturated carbocycles. The number of aromatic nitrogens is 1. The molecule has 2 rings (SSSR count). The van der Waals surface area contributed by atoms with Gasteiger partial charge in [-0.05, 0) is 23.8 Å². The average molecular weight is 350 g/mol. The van der Waals surface area contributed by atoms with E-state index < -0.39 is 24.5 Å². The lowest BCUT2D eigenvalue weighted by Crippen LogP contribution is -2.23. The van der Waals surface area contributed by atoms with Crippen molar-refractivity contribution in [1.82, 2.24) is 4.57 Å². The molecule has 1 aromatic carbocycles. The summed E-state index contributed by atoms with van der Waals surface area (Å²) in [6, 6.07) is 4.99. The molecule has 3 nitrogen and oxygen atoms in total. The number of aryl methyl sites for hydroxylation is 1. The second-order valence-corrected chi connectivity index (χ2v) is 5.46. The maximum Gasteiger partial charge on any atom is 0.396 e. The average Bonchev–Trinajstić information content (AvgIpc) is 2.61. The Morgan fingerprint density at radius 1 is 1.45 bits per heavy atom. The summed E-state index contributed by atoms with van der Waals surface area (Å²) < 4.78 is 41.6. The molecule has 0 aliphatic rings. The highest BCUT2D eigenvalue weighted by atomic mass is 79.9. The number of halogens is 4. The first-order valence-corrected chi connectivity index (χ1v) is 6.52. The molecule has 20 heavy (non-hydrogen) atoms. The van der Waals surface area contributed by atoms with Gasteiger partial charge in [-0.3, -0.25) is 4.79 Å². The minimum atomic E-state index is -4.60. The molecule has 1 aromatic heterocycles. The van der Waals surface area contributed by atoms with Crippen molar-refractivity contribution in [2.24, 2.45) is 7.05 Å². The quantitative estimate of drug-likeness (QED) is 0.907. The third-order valence-corrected chi connectivity index (χ3v) is 3.62. The van der Waals surface area contributed by atoms with Crippen molar-refractivity contribution in [1.29, 1.82) is 0 Å². The normalized spacial score (nSPS) is 13.7. The molecule has 0 aliphatic carbocycles. The Balaban J connectivity index is 2.64. The first kappa shape index (κ1) is 14.9. The number of fused-ring (bicyclic) bond motifs is 1. The summed E-state index contributed by atoms with van der Waals surface area (Å²) in [5.41, 5.74) is 0.613. The van der Waals surface area contributed by atoms with Crippen molar-refractivity contribution in [2.75, 3.05) is 0 Å². The second kappa shape index (κ2) is 5.12. The van der Waals surface area contributed by atoms with Crippen LogP contribution in [0.2, 0.25) is 0 Å². The van der Waals surface area contributed by atoms with Crippen LogP contribution in [0.15, 0.2) is 28.9 Å². The summed E-state index contributed by atoms with van der Waals surface area (Å²) in [5, 5.41) is 9.13. The minimum Gasteiger partial charge on any atom is -0.481 e. The number of nitrogens with zero attached hydrogens (tertiary/aromatic N) is 1. The van der Waals surface area contributed by atoms with E-state index in [1.807, 2.05) is 0 Å². The second-order valence-electron chi connectivity index (χ2n) is 4.55. The Labute approximate surface area is 121 Å². The number of carboxylic acid groups (broad SMARTS) is 1. The van der Waals surface area contributed by atoms with Gasteiger partial charge in [-0.15, -0.1) is 0 Å². The van der Waals surface area contributed by atoms with Gasteiger partial charge in [0.2, 0.25) is 0 Å². The number of aliphatic carboxylic acids is 1. The summed E-state index contributed by atoms with van der Waals surface area (Å²) in [6.45, 7) is 0. The first-order chi connectivity index (χ1) is 9.20. The summed E-state index contributed by atoms with van der Waals surface area (Å²) in [5.74, 6) is -3.49. The number of rotatable bonds is 3. The van der Waals surface area contributed by atoms with E-state index in [1.54, 1.807) is 29.8 Å². The fraction of sp³-hybridized carbons (Fsp3) is 0.308. The highest BCUT2D eigenvalue weighted by Crippen LogP contribution is 2.41. The molecule has 0 radical (unpaired) electrons. The van der Waals surface area contributed by atoms with Crippen LogP contribution in [0.4, 0.5) is 13.2 Å². The molecule has 0 bridgehead atoms. The molecule has 0 fully saturated rings. The van der Waals surface area contributed by atoms with Crippen LogP contribution in [-0.4, -0.2) is 21.8 Å². The molecule has 108 valence electrons. The van der Waals surface area contributed by atoms with Crippen molar-refractivity contribution >= 4 is 32.8 Å². The minimum absolute atomic E-state index is 0.0151. The molecule has 0 amide bonds. The summed E-state index contributed by atoms with van der Waals surface area (Å²) in [7, 11) is 1.63. The van der Waals surface area contributed by atoms with Gasteiger partial charge in [0.1, 0.15) is 0 Å². The van der Waals surface area contributed by atoms with Crippen LogP contribution in [0.25, 0.3) is 10.9 Å². The summed E-state index contributed by atoms with van der Waals surface area (Å²) in [4.78, 5) is 10.7. The Hall–Kier alpha value is -1.50. The van der Waals surface area contributed by atoms with Crippen molar-refractivity contribution in [3.05, 3.63) is 34.4 Å². The smallest absolute Gasteiger partial charge is 0.396 e. The van der Waals surface area contributed by atoms with Gasteiger partial charge < -0.3 is 9.67 Å². The maximum atomic E-state index is 13.1. The Morgan fingerprint density at radius 3 is 2.65 bits per heavy atom. The topological polar surface area (TPSA) is 42.2 Å². The number of benzene rings is 1. The maximum absolute atomic E-state index is 13.1. The monoisotopic (exact) mass is 349 g/mol. The molecule has 7 heteroatoms. The molecule has 1 N–H and O–H groups in total. The third kappa shape index (κ3) is 2.82. The standard InChI is InChI=1S/C13H11BrF3NO2/c1-18-6-9(8-4-7(14)2-3-11(8)18)10(5-12(19)20)13(15,16)17/h2-4,6,10H,5H2,1H3,(H,19,20)/t10-/m0/s1. The van der Waals surface area contributed by atoms with Gasteiger partial charge in [-0.1, -0.05) is 15.9 Å². The number of hydrogen-bond acceptors (Lipinski definition) is 1. The highest BCUT2D eigenvalue weighted by Gasteiger charge is 2.43. The van der Waals surface area contributed by atoms with E-state index in [-0.39, 0.29) is 5.56 Å². The first-order valence-electron chi connectivity index (χ1n) is 5.73. The lowest BCUT2D eigenvalue weighted by molar-refractivity contribution is -0.163. The number of hydrogen-bond donors (Lipinski definition) is 1. The van der Waals surface area contributed by atoms with Gasteiger partial charge in [-0.2, -0.15) is 13.2 Å². The molecular formula is C13H11BrF3NO2. The number of alkyl halides is 3. The van der Waals surface area contributed by atoms with Crippen LogP contribution < -0.4 is 0 Å². The fourth-order valence-corrected chi connectivity index (χ4v) is 2.61. The molecule has 2 aromatic rings. The zero-order valence-electron chi connectivity index (χ0n) is 10.4.